The van der Waals surface area contributed by atoms with Crippen LogP contribution in [0.15, 0.2) is 71.4 Å². The molecule has 3 N–H and O–H groups in total. The first kappa shape index (κ1) is 29.9. The lowest BCUT2D eigenvalue weighted by Crippen LogP contribution is -2.25. The van der Waals surface area contributed by atoms with Crippen molar-refractivity contribution >= 4 is 17.6 Å². The van der Waals surface area contributed by atoms with E-state index in [1.165, 1.54) is 12.5 Å². The third-order valence-electron chi connectivity index (χ3n) is 7.60. The van der Waals surface area contributed by atoms with Gasteiger partial charge < -0.3 is 24.5 Å². The van der Waals surface area contributed by atoms with Crippen molar-refractivity contribution in [1.29, 1.82) is 0 Å². The molecule has 0 saturated heterocycles. The highest BCUT2D eigenvalue weighted by molar-refractivity contribution is 6.10. The summed E-state index contributed by atoms with van der Waals surface area (Å²) in [6, 6.07) is 11.4. The van der Waals surface area contributed by atoms with E-state index in [-0.39, 0.29) is 16.9 Å². The zero-order valence-electron chi connectivity index (χ0n) is 25.6. The van der Waals surface area contributed by atoms with E-state index in [1.54, 1.807) is 19.4 Å². The molecule has 1 unspecified atom stereocenters. The first-order chi connectivity index (χ1) is 20.3. The summed E-state index contributed by atoms with van der Waals surface area (Å²) < 4.78 is 11.4. The van der Waals surface area contributed by atoms with Crippen LogP contribution in [0, 0.1) is 13.8 Å². The van der Waals surface area contributed by atoms with E-state index in [0.29, 0.717) is 42.0 Å². The van der Waals surface area contributed by atoms with Gasteiger partial charge in [-0.15, -0.1) is 0 Å². The molecule has 6 rings (SSSR count). The standard InChI is InChI=1S/C17H21N3O2.C16H17N3O2/c1-11-12(15-20-16(2,3)9-22-15)6-5-7-13(11)17(4,21)14-8-18-10-19-14;1-10-11(14(20)13-7-17-9-18-13)5-4-6-12(10)15-19-16(2,3)8-21-15/h5-8,10,21H,9H2,1-4H3,(H,18,19);4-7,9H,8H2,1-3H3,(H,17,18). The van der Waals surface area contributed by atoms with E-state index < -0.39 is 5.60 Å². The number of rotatable bonds is 6. The number of hydrogen-bond acceptors (Lipinski definition) is 8. The maximum Gasteiger partial charge on any atom is 0.217 e. The number of nitrogens with zero attached hydrogens (tertiary/aromatic N) is 4. The molecule has 10 heteroatoms. The zero-order chi connectivity index (χ0) is 31.0. The number of carbonyl (C=O) groups is 1. The average molecular weight is 583 g/mol. The van der Waals surface area contributed by atoms with Gasteiger partial charge in [-0.25, -0.2) is 20.0 Å². The fourth-order valence-electron chi connectivity index (χ4n) is 5.15. The minimum absolute atomic E-state index is 0.0790. The number of ketones is 1. The van der Waals surface area contributed by atoms with Crippen LogP contribution in [-0.4, -0.2) is 66.9 Å². The predicted molar refractivity (Wildman–Crippen MR) is 165 cm³/mol. The van der Waals surface area contributed by atoms with E-state index in [2.05, 4.69) is 29.9 Å². The van der Waals surface area contributed by atoms with Crippen LogP contribution >= 0.6 is 0 Å². The van der Waals surface area contributed by atoms with Crippen molar-refractivity contribution < 1.29 is 19.4 Å². The highest BCUT2D eigenvalue weighted by Crippen LogP contribution is 2.33. The third kappa shape index (κ3) is 6.15. The van der Waals surface area contributed by atoms with Crippen LogP contribution in [0.4, 0.5) is 0 Å². The molecule has 10 nitrogen and oxygen atoms in total. The molecule has 2 aliphatic heterocycles. The Labute approximate surface area is 251 Å². The van der Waals surface area contributed by atoms with E-state index in [0.717, 1.165) is 27.8 Å². The first-order valence-corrected chi connectivity index (χ1v) is 14.2. The van der Waals surface area contributed by atoms with Gasteiger partial charge in [-0.3, -0.25) is 4.79 Å². The molecule has 43 heavy (non-hydrogen) atoms. The highest BCUT2D eigenvalue weighted by Gasteiger charge is 2.33. The number of aromatic amines is 2. The van der Waals surface area contributed by atoms with Crippen molar-refractivity contribution in [2.75, 3.05) is 13.2 Å². The second kappa shape index (κ2) is 11.3. The van der Waals surface area contributed by atoms with Crippen LogP contribution in [0.3, 0.4) is 0 Å². The van der Waals surface area contributed by atoms with Gasteiger partial charge in [0.15, 0.2) is 0 Å². The lowest BCUT2D eigenvalue weighted by Gasteiger charge is -2.25. The number of carbonyl (C=O) groups excluding carboxylic acids is 1. The minimum Gasteiger partial charge on any atom is -0.475 e. The van der Waals surface area contributed by atoms with Gasteiger partial charge in [-0.05, 0) is 77.3 Å². The van der Waals surface area contributed by atoms with Gasteiger partial charge in [0.2, 0.25) is 17.6 Å². The van der Waals surface area contributed by atoms with Gasteiger partial charge in [-0.2, -0.15) is 0 Å². The molecular weight excluding hydrogens is 544 g/mol. The number of aliphatic hydroxyl groups is 1. The second-order valence-corrected chi connectivity index (χ2v) is 12.3. The summed E-state index contributed by atoms with van der Waals surface area (Å²) in [6.07, 6.45) is 6.23. The van der Waals surface area contributed by atoms with Crippen molar-refractivity contribution in [3.63, 3.8) is 0 Å². The van der Waals surface area contributed by atoms with Crippen molar-refractivity contribution in [3.8, 4) is 0 Å². The molecule has 0 bridgehead atoms. The lowest BCUT2D eigenvalue weighted by molar-refractivity contribution is 0.0971. The number of aromatic nitrogens is 4. The van der Waals surface area contributed by atoms with Crippen LogP contribution in [0.5, 0.6) is 0 Å². The zero-order valence-corrected chi connectivity index (χ0v) is 25.6. The molecule has 2 aliphatic rings. The molecule has 2 aromatic carbocycles. The van der Waals surface area contributed by atoms with Gasteiger partial charge in [0.1, 0.15) is 24.5 Å². The molecule has 0 saturated carbocycles. The summed E-state index contributed by atoms with van der Waals surface area (Å²) in [7, 11) is 0. The van der Waals surface area contributed by atoms with Crippen molar-refractivity contribution in [3.05, 3.63) is 106 Å². The summed E-state index contributed by atoms with van der Waals surface area (Å²) in [4.78, 5) is 35.4. The molecule has 0 radical (unpaired) electrons. The van der Waals surface area contributed by atoms with E-state index in [4.69, 9.17) is 9.47 Å². The third-order valence-corrected chi connectivity index (χ3v) is 7.60. The molecule has 0 aliphatic carbocycles. The average Bonchev–Trinajstić information content (AvgIpc) is 3.77. The predicted octanol–water partition coefficient (Wildman–Crippen LogP) is 5.03. The number of benzene rings is 2. The van der Waals surface area contributed by atoms with Gasteiger partial charge in [-0.1, -0.05) is 24.3 Å². The molecule has 0 amide bonds. The van der Waals surface area contributed by atoms with Crippen LogP contribution in [0.25, 0.3) is 0 Å². The lowest BCUT2D eigenvalue weighted by atomic mass is 9.87. The van der Waals surface area contributed by atoms with Crippen molar-refractivity contribution in [1.82, 2.24) is 19.9 Å². The summed E-state index contributed by atoms with van der Waals surface area (Å²) in [5.41, 5.74) is 4.62. The summed E-state index contributed by atoms with van der Waals surface area (Å²) in [5, 5.41) is 10.9. The van der Waals surface area contributed by atoms with Crippen LogP contribution < -0.4 is 0 Å². The molecule has 0 spiro atoms. The molecule has 4 aromatic rings. The largest absolute Gasteiger partial charge is 0.475 e. The smallest absolute Gasteiger partial charge is 0.217 e. The van der Waals surface area contributed by atoms with Gasteiger partial charge in [0.05, 0.1) is 41.8 Å². The molecular formula is C33H38N6O4. The van der Waals surface area contributed by atoms with Crippen molar-refractivity contribution in [2.24, 2.45) is 9.98 Å². The first-order valence-electron chi connectivity index (χ1n) is 14.2. The number of ether oxygens (including phenoxy) is 2. The number of H-pyrrole nitrogens is 2. The van der Waals surface area contributed by atoms with Crippen LogP contribution in [0.2, 0.25) is 0 Å². The Hall–Kier alpha value is -4.57. The topological polar surface area (TPSA) is 138 Å². The quantitative estimate of drug-likeness (QED) is 0.273. The fraction of sp³-hybridized carbons (Fsp3) is 0.364. The summed E-state index contributed by atoms with van der Waals surface area (Å²) >= 11 is 0. The van der Waals surface area contributed by atoms with E-state index >= 15 is 0 Å². The minimum atomic E-state index is -1.15. The number of nitrogens with one attached hydrogen (secondary N) is 2. The summed E-state index contributed by atoms with van der Waals surface area (Å²) in [6.45, 7) is 14.9. The monoisotopic (exact) mass is 582 g/mol. The Morgan fingerprint density at radius 2 is 1.40 bits per heavy atom. The Balaban J connectivity index is 0.000000171. The Morgan fingerprint density at radius 1 is 0.837 bits per heavy atom. The van der Waals surface area contributed by atoms with Gasteiger partial charge in [0.25, 0.3) is 0 Å². The molecule has 0 fully saturated rings. The van der Waals surface area contributed by atoms with E-state index in [9.17, 15) is 9.90 Å². The van der Waals surface area contributed by atoms with Crippen LogP contribution in [-0.2, 0) is 15.1 Å². The maximum absolute atomic E-state index is 12.5. The van der Waals surface area contributed by atoms with E-state index in [1.807, 2.05) is 77.9 Å². The fourth-order valence-corrected chi connectivity index (χ4v) is 5.15. The molecule has 224 valence electrons. The number of aliphatic imine (C=N–C) groups is 2. The summed E-state index contributed by atoms with van der Waals surface area (Å²) in [5.74, 6) is 1.17. The second-order valence-electron chi connectivity index (χ2n) is 12.3. The SMILES string of the molecule is Cc1c(C(=O)c2cnc[nH]2)cccc1C1=NC(C)(C)CO1.Cc1c(C2=NC(C)(C)CO2)cccc1C(C)(O)c1cnc[nH]1. The number of imidazole rings is 2. The highest BCUT2D eigenvalue weighted by atomic mass is 16.5. The van der Waals surface area contributed by atoms with Crippen LogP contribution in [0.1, 0.15) is 84.2 Å². The maximum atomic E-state index is 12.5. The Bertz CT molecular complexity index is 1680. The number of hydrogen-bond donors (Lipinski definition) is 3. The Morgan fingerprint density at radius 3 is 1.91 bits per heavy atom. The van der Waals surface area contributed by atoms with Gasteiger partial charge in [0, 0.05) is 16.7 Å². The molecule has 4 heterocycles. The Kier molecular flexibility index (Phi) is 7.83. The van der Waals surface area contributed by atoms with Crippen molar-refractivity contribution in [2.45, 2.75) is 65.1 Å². The molecule has 2 aromatic heterocycles. The molecule has 1 atom stereocenters. The van der Waals surface area contributed by atoms with Gasteiger partial charge >= 0.3 is 0 Å². The normalized spacial score (nSPS) is 18.0.